The van der Waals surface area contributed by atoms with Gasteiger partial charge in [0.25, 0.3) is 0 Å². The van der Waals surface area contributed by atoms with E-state index in [0.717, 1.165) is 31.5 Å². The van der Waals surface area contributed by atoms with E-state index < -0.39 is 10.0 Å². The van der Waals surface area contributed by atoms with Crippen molar-refractivity contribution in [2.24, 2.45) is 5.92 Å². The number of nitrogens with one attached hydrogen (secondary N) is 1. The van der Waals surface area contributed by atoms with Crippen molar-refractivity contribution in [3.63, 3.8) is 0 Å². The number of aryl methyl sites for hydroxylation is 1. The van der Waals surface area contributed by atoms with Crippen molar-refractivity contribution in [1.82, 2.24) is 9.62 Å². The van der Waals surface area contributed by atoms with Gasteiger partial charge in [0.2, 0.25) is 10.0 Å². The van der Waals surface area contributed by atoms with Gasteiger partial charge in [-0.05, 0) is 44.3 Å². The Morgan fingerprint density at radius 2 is 1.80 bits per heavy atom. The molecule has 1 aliphatic rings. The second-order valence-electron chi connectivity index (χ2n) is 5.71. The summed E-state index contributed by atoms with van der Waals surface area (Å²) in [4.78, 5) is 0. The lowest BCUT2D eigenvalue weighted by Gasteiger charge is -2.25. The molecule has 0 atom stereocenters. The van der Waals surface area contributed by atoms with Crippen LogP contribution >= 0.6 is 0 Å². The first-order valence-electron chi connectivity index (χ1n) is 7.17. The molecule has 112 valence electrons. The van der Waals surface area contributed by atoms with Gasteiger partial charge in [-0.15, -0.1) is 0 Å². The summed E-state index contributed by atoms with van der Waals surface area (Å²) in [5, 5.41) is 3.27. The third-order valence-electron chi connectivity index (χ3n) is 3.91. The van der Waals surface area contributed by atoms with E-state index in [1.165, 1.54) is 9.87 Å². The summed E-state index contributed by atoms with van der Waals surface area (Å²) in [6.07, 6.45) is 1.91. The maximum Gasteiger partial charge on any atom is 0.214 e. The third kappa shape index (κ3) is 4.30. The molecule has 1 aromatic carbocycles. The van der Waals surface area contributed by atoms with Crippen LogP contribution in [-0.2, 0) is 16.6 Å². The molecule has 0 spiro atoms. The van der Waals surface area contributed by atoms with Gasteiger partial charge >= 0.3 is 0 Å². The summed E-state index contributed by atoms with van der Waals surface area (Å²) in [6.45, 7) is 4.35. The number of sulfonamides is 1. The summed E-state index contributed by atoms with van der Waals surface area (Å²) < 4.78 is 26.2. The van der Waals surface area contributed by atoms with E-state index in [2.05, 4.69) is 5.32 Å². The van der Waals surface area contributed by atoms with Crippen LogP contribution in [0.5, 0.6) is 0 Å². The number of rotatable bonds is 5. The fourth-order valence-electron chi connectivity index (χ4n) is 2.52. The van der Waals surface area contributed by atoms with E-state index in [0.29, 0.717) is 12.5 Å². The van der Waals surface area contributed by atoms with Crippen LogP contribution in [-0.4, -0.2) is 38.6 Å². The lowest BCUT2D eigenvalue weighted by atomic mass is 10.0. The molecule has 5 heteroatoms. The molecule has 1 aliphatic heterocycles. The molecule has 1 N–H and O–H groups in total. The van der Waals surface area contributed by atoms with Crippen molar-refractivity contribution < 1.29 is 8.42 Å². The van der Waals surface area contributed by atoms with Crippen molar-refractivity contribution in [2.75, 3.05) is 25.9 Å². The highest BCUT2D eigenvalue weighted by molar-refractivity contribution is 7.89. The van der Waals surface area contributed by atoms with E-state index in [1.54, 1.807) is 7.05 Å². The first-order valence-corrected chi connectivity index (χ1v) is 8.78. The molecular weight excluding hydrogens is 272 g/mol. The van der Waals surface area contributed by atoms with Gasteiger partial charge in [0.1, 0.15) is 0 Å². The molecule has 0 amide bonds. The normalized spacial score (nSPS) is 17.6. The van der Waals surface area contributed by atoms with Gasteiger partial charge < -0.3 is 5.32 Å². The second kappa shape index (κ2) is 6.70. The standard InChI is InChI=1S/C15H24N2O2S/c1-13-3-5-14(6-4-13)11-17(2)20(18,19)12-15-7-9-16-10-8-15/h3-6,15-16H,7-12H2,1-2H3. The van der Waals surface area contributed by atoms with E-state index in [4.69, 9.17) is 0 Å². The topological polar surface area (TPSA) is 49.4 Å². The zero-order valence-electron chi connectivity index (χ0n) is 12.3. The Balaban J connectivity index is 1.95. The van der Waals surface area contributed by atoms with Gasteiger partial charge in [-0.2, -0.15) is 0 Å². The molecule has 0 aromatic heterocycles. The quantitative estimate of drug-likeness (QED) is 0.900. The van der Waals surface area contributed by atoms with Crippen molar-refractivity contribution in [3.05, 3.63) is 35.4 Å². The average molecular weight is 296 g/mol. The summed E-state index contributed by atoms with van der Waals surface area (Å²) in [7, 11) is -1.49. The van der Waals surface area contributed by atoms with Crippen LogP contribution in [0.4, 0.5) is 0 Å². The van der Waals surface area contributed by atoms with Crippen molar-refractivity contribution in [1.29, 1.82) is 0 Å². The molecule has 1 aromatic rings. The van der Waals surface area contributed by atoms with Gasteiger partial charge in [-0.1, -0.05) is 29.8 Å². The van der Waals surface area contributed by atoms with Crippen LogP contribution in [0.2, 0.25) is 0 Å². The minimum Gasteiger partial charge on any atom is -0.317 e. The number of nitrogens with zero attached hydrogens (tertiary/aromatic N) is 1. The highest BCUT2D eigenvalue weighted by Gasteiger charge is 2.24. The van der Waals surface area contributed by atoms with Gasteiger partial charge in [0.05, 0.1) is 5.75 Å². The summed E-state index contributed by atoms with van der Waals surface area (Å²) in [6, 6.07) is 8.02. The molecule has 0 aliphatic carbocycles. The Morgan fingerprint density at radius 1 is 1.20 bits per heavy atom. The van der Waals surface area contributed by atoms with Crippen LogP contribution in [0.3, 0.4) is 0 Å². The Labute approximate surface area is 122 Å². The number of piperidine rings is 1. The van der Waals surface area contributed by atoms with Crippen LogP contribution < -0.4 is 5.32 Å². The van der Waals surface area contributed by atoms with Crippen molar-refractivity contribution in [2.45, 2.75) is 26.3 Å². The van der Waals surface area contributed by atoms with Crippen LogP contribution in [0.25, 0.3) is 0 Å². The van der Waals surface area contributed by atoms with Gasteiger partial charge in [0, 0.05) is 13.6 Å². The van der Waals surface area contributed by atoms with E-state index in [1.807, 2.05) is 31.2 Å². The molecule has 0 radical (unpaired) electrons. The van der Waals surface area contributed by atoms with Crippen molar-refractivity contribution >= 4 is 10.0 Å². The molecule has 1 heterocycles. The Hall–Kier alpha value is -0.910. The average Bonchev–Trinajstić information content (AvgIpc) is 2.42. The first kappa shape index (κ1) is 15.5. The minimum absolute atomic E-state index is 0.275. The summed E-state index contributed by atoms with van der Waals surface area (Å²) in [5.74, 6) is 0.568. The second-order valence-corrected chi connectivity index (χ2v) is 7.83. The maximum absolute atomic E-state index is 12.4. The van der Waals surface area contributed by atoms with E-state index in [9.17, 15) is 8.42 Å². The molecule has 1 saturated heterocycles. The lowest BCUT2D eigenvalue weighted by Crippen LogP contribution is -2.36. The Bertz CT molecular complexity index is 519. The Morgan fingerprint density at radius 3 is 2.40 bits per heavy atom. The fraction of sp³-hybridized carbons (Fsp3) is 0.600. The highest BCUT2D eigenvalue weighted by Crippen LogP contribution is 2.17. The first-order chi connectivity index (χ1) is 9.47. The van der Waals surface area contributed by atoms with Gasteiger partial charge in [-0.3, -0.25) is 0 Å². The summed E-state index contributed by atoms with van der Waals surface area (Å²) in [5.41, 5.74) is 2.22. The SMILES string of the molecule is Cc1ccc(CN(C)S(=O)(=O)CC2CCNCC2)cc1. The Kier molecular flexibility index (Phi) is 5.18. The molecule has 0 unspecified atom stereocenters. The van der Waals surface area contributed by atoms with Crippen LogP contribution in [0.1, 0.15) is 24.0 Å². The zero-order chi connectivity index (χ0) is 14.6. The van der Waals surface area contributed by atoms with Crippen LogP contribution in [0, 0.1) is 12.8 Å². The monoisotopic (exact) mass is 296 g/mol. The lowest BCUT2D eigenvalue weighted by molar-refractivity contribution is 0.388. The molecule has 0 bridgehead atoms. The molecule has 1 fully saturated rings. The van der Waals surface area contributed by atoms with Gasteiger partial charge in [0.15, 0.2) is 0 Å². The predicted octanol–water partition coefficient (Wildman–Crippen LogP) is 1.76. The number of hydrogen-bond donors (Lipinski definition) is 1. The third-order valence-corrected chi connectivity index (χ3v) is 5.88. The van der Waals surface area contributed by atoms with Gasteiger partial charge in [-0.25, -0.2) is 12.7 Å². The maximum atomic E-state index is 12.4. The largest absolute Gasteiger partial charge is 0.317 e. The van der Waals surface area contributed by atoms with Crippen molar-refractivity contribution in [3.8, 4) is 0 Å². The molecule has 2 rings (SSSR count). The van der Waals surface area contributed by atoms with Crippen LogP contribution in [0.15, 0.2) is 24.3 Å². The predicted molar refractivity (Wildman–Crippen MR) is 82.0 cm³/mol. The van der Waals surface area contributed by atoms with E-state index >= 15 is 0 Å². The molecule has 0 saturated carbocycles. The van der Waals surface area contributed by atoms with E-state index in [-0.39, 0.29) is 5.75 Å². The molecular formula is C15H24N2O2S. The zero-order valence-corrected chi connectivity index (χ0v) is 13.1. The molecule has 4 nitrogen and oxygen atoms in total. The smallest absolute Gasteiger partial charge is 0.214 e. The molecule has 20 heavy (non-hydrogen) atoms. The fourth-order valence-corrected chi connectivity index (χ4v) is 4.05. The number of benzene rings is 1. The summed E-state index contributed by atoms with van der Waals surface area (Å²) >= 11 is 0. The minimum atomic E-state index is -3.16. The number of hydrogen-bond acceptors (Lipinski definition) is 3. The highest BCUT2D eigenvalue weighted by atomic mass is 32.2.